The number of rotatable bonds is 0. The van der Waals surface area contributed by atoms with Crippen LogP contribution in [0.4, 0.5) is 0 Å². The number of hydrogen-bond donors (Lipinski definition) is 0. The van der Waals surface area contributed by atoms with Gasteiger partial charge in [-0.1, -0.05) is 11.6 Å². The van der Waals surface area contributed by atoms with Gasteiger partial charge in [0.15, 0.2) is 0 Å². The highest BCUT2D eigenvalue weighted by molar-refractivity contribution is 6.31. The fourth-order valence-electron chi connectivity index (χ4n) is 2.19. The minimum Gasteiger partial charge on any atom is -0.465 e. The lowest BCUT2D eigenvalue weighted by molar-refractivity contribution is 0.508. The highest BCUT2D eigenvalue weighted by Gasteiger charge is 2.16. The third kappa shape index (κ3) is 1.39. The van der Waals surface area contributed by atoms with Gasteiger partial charge in [-0.3, -0.25) is 0 Å². The Morgan fingerprint density at radius 1 is 1.06 bits per heavy atom. The summed E-state index contributed by atoms with van der Waals surface area (Å²) in [5.74, 6) is 1.28. The zero-order chi connectivity index (χ0) is 12.2. The van der Waals surface area contributed by atoms with Crippen molar-refractivity contribution in [1.82, 2.24) is 0 Å². The maximum Gasteiger partial charge on any atom is 0.347 e. The summed E-state index contributed by atoms with van der Waals surface area (Å²) in [6, 6.07) is 5.17. The molecule has 0 bridgehead atoms. The third-order valence-corrected chi connectivity index (χ3v) is 3.11. The fraction of sp³-hybridized carbons (Fsp3) is 0.154. The maximum atomic E-state index is 11.9. The third-order valence-electron chi connectivity index (χ3n) is 2.88. The molecule has 2 heterocycles. The number of hydrogen-bond acceptors (Lipinski definition) is 3. The molecule has 4 heteroatoms. The fourth-order valence-corrected chi connectivity index (χ4v) is 2.36. The van der Waals surface area contributed by atoms with Crippen LogP contribution in [-0.2, 0) is 0 Å². The van der Waals surface area contributed by atoms with Crippen LogP contribution < -0.4 is 5.63 Å². The van der Waals surface area contributed by atoms with E-state index in [9.17, 15) is 4.79 Å². The summed E-state index contributed by atoms with van der Waals surface area (Å²) in [5, 5.41) is 2.70. The van der Waals surface area contributed by atoms with E-state index in [-0.39, 0.29) is 5.63 Å². The van der Waals surface area contributed by atoms with E-state index >= 15 is 0 Å². The lowest BCUT2D eigenvalue weighted by Crippen LogP contribution is -1.99. The van der Waals surface area contributed by atoms with Crippen molar-refractivity contribution in [3.8, 4) is 0 Å². The molecule has 17 heavy (non-hydrogen) atoms. The van der Waals surface area contributed by atoms with Crippen LogP contribution in [0.25, 0.3) is 21.7 Å². The van der Waals surface area contributed by atoms with Gasteiger partial charge in [-0.25, -0.2) is 4.79 Å². The normalized spacial score (nSPS) is 11.5. The second kappa shape index (κ2) is 3.37. The molecular formula is C13H9ClO3. The summed E-state index contributed by atoms with van der Waals surface area (Å²) in [6.45, 7) is 3.58. The predicted octanol–water partition coefficient (Wildman–Crippen LogP) is 3.81. The van der Waals surface area contributed by atoms with Gasteiger partial charge in [0.1, 0.15) is 22.5 Å². The smallest absolute Gasteiger partial charge is 0.347 e. The van der Waals surface area contributed by atoms with Gasteiger partial charge in [-0.05, 0) is 32.0 Å². The molecule has 0 aliphatic rings. The molecule has 0 amide bonds. The summed E-state index contributed by atoms with van der Waals surface area (Å²) >= 11 is 5.97. The summed E-state index contributed by atoms with van der Waals surface area (Å²) in [6.07, 6.45) is 0. The monoisotopic (exact) mass is 248 g/mol. The van der Waals surface area contributed by atoms with E-state index in [0.29, 0.717) is 27.5 Å². The molecule has 86 valence electrons. The molecule has 0 aliphatic heterocycles. The van der Waals surface area contributed by atoms with Crippen LogP contribution in [0.1, 0.15) is 11.5 Å². The molecule has 0 spiro atoms. The molecule has 0 saturated heterocycles. The van der Waals surface area contributed by atoms with Crippen LogP contribution >= 0.6 is 11.6 Å². The number of furan rings is 1. The molecule has 0 atom stereocenters. The summed E-state index contributed by atoms with van der Waals surface area (Å²) in [7, 11) is 0. The van der Waals surface area contributed by atoms with Crippen LogP contribution in [-0.4, -0.2) is 0 Å². The predicted molar refractivity (Wildman–Crippen MR) is 66.7 cm³/mol. The average Bonchev–Trinajstić information content (AvgIpc) is 2.56. The molecule has 0 fully saturated rings. The van der Waals surface area contributed by atoms with Crippen molar-refractivity contribution in [2.24, 2.45) is 0 Å². The first-order valence-electron chi connectivity index (χ1n) is 5.20. The van der Waals surface area contributed by atoms with Gasteiger partial charge in [0.25, 0.3) is 0 Å². The Hall–Kier alpha value is -1.74. The standard InChI is InChI=1S/C13H9ClO3/c1-6-11-9-5-8(14)3-4-10(9)17-13(15)12(11)7(2)16-6/h3-5H,1-2H3. The van der Waals surface area contributed by atoms with Gasteiger partial charge in [-0.2, -0.15) is 0 Å². The first-order valence-corrected chi connectivity index (χ1v) is 5.58. The zero-order valence-electron chi connectivity index (χ0n) is 9.33. The molecule has 3 rings (SSSR count). The van der Waals surface area contributed by atoms with Crippen molar-refractivity contribution in [1.29, 1.82) is 0 Å². The lowest BCUT2D eigenvalue weighted by Gasteiger charge is -1.99. The van der Waals surface area contributed by atoms with Gasteiger partial charge in [-0.15, -0.1) is 0 Å². The molecule has 1 aromatic carbocycles. The van der Waals surface area contributed by atoms with E-state index < -0.39 is 0 Å². The summed E-state index contributed by atoms with van der Waals surface area (Å²) in [4.78, 5) is 11.9. The average molecular weight is 249 g/mol. The van der Waals surface area contributed by atoms with Gasteiger partial charge in [0.2, 0.25) is 0 Å². The highest BCUT2D eigenvalue weighted by Crippen LogP contribution is 2.31. The molecule has 0 aliphatic carbocycles. The van der Waals surface area contributed by atoms with Crippen LogP contribution in [0.5, 0.6) is 0 Å². The first kappa shape index (κ1) is 10.4. The second-order valence-electron chi connectivity index (χ2n) is 3.99. The van der Waals surface area contributed by atoms with E-state index in [2.05, 4.69) is 0 Å². The Balaban J connectivity index is 2.71. The Labute approximate surface area is 102 Å². The van der Waals surface area contributed by atoms with E-state index in [0.717, 1.165) is 10.8 Å². The van der Waals surface area contributed by atoms with Crippen molar-refractivity contribution >= 4 is 33.3 Å². The van der Waals surface area contributed by atoms with Gasteiger partial charge in [0, 0.05) is 15.8 Å². The van der Waals surface area contributed by atoms with Crippen molar-refractivity contribution in [3.63, 3.8) is 0 Å². The van der Waals surface area contributed by atoms with Crippen LogP contribution in [0.15, 0.2) is 31.8 Å². The second-order valence-corrected chi connectivity index (χ2v) is 4.43. The number of benzene rings is 1. The minimum atomic E-state index is -0.371. The van der Waals surface area contributed by atoms with Crippen molar-refractivity contribution in [2.75, 3.05) is 0 Å². The van der Waals surface area contributed by atoms with Crippen LogP contribution in [0, 0.1) is 13.8 Å². The van der Waals surface area contributed by atoms with Crippen molar-refractivity contribution in [3.05, 3.63) is 45.2 Å². The molecule has 0 saturated carbocycles. The van der Waals surface area contributed by atoms with E-state index in [1.54, 1.807) is 25.1 Å². The first-order chi connectivity index (χ1) is 8.08. The SMILES string of the molecule is Cc1oc(C)c2c1c(=O)oc1ccc(Cl)cc12. The van der Waals surface area contributed by atoms with Gasteiger partial charge in [0.05, 0.1) is 0 Å². The van der Waals surface area contributed by atoms with Crippen molar-refractivity contribution < 1.29 is 8.83 Å². The largest absolute Gasteiger partial charge is 0.465 e. The molecular weight excluding hydrogens is 240 g/mol. The minimum absolute atomic E-state index is 0.371. The molecule has 3 nitrogen and oxygen atoms in total. The molecule has 0 unspecified atom stereocenters. The molecule has 0 N–H and O–H groups in total. The molecule has 2 aromatic heterocycles. The topological polar surface area (TPSA) is 43.4 Å². The van der Waals surface area contributed by atoms with E-state index in [1.165, 1.54) is 0 Å². The lowest BCUT2D eigenvalue weighted by atomic mass is 10.1. The molecule has 0 radical (unpaired) electrons. The van der Waals surface area contributed by atoms with Crippen LogP contribution in [0.3, 0.4) is 0 Å². The number of halogens is 1. The summed E-state index contributed by atoms with van der Waals surface area (Å²) in [5.41, 5.74) is 0.153. The Kier molecular flexibility index (Phi) is 2.07. The molecule has 3 aromatic rings. The zero-order valence-corrected chi connectivity index (χ0v) is 10.1. The van der Waals surface area contributed by atoms with E-state index in [4.69, 9.17) is 20.4 Å². The van der Waals surface area contributed by atoms with Gasteiger partial charge < -0.3 is 8.83 Å². The number of aryl methyl sites for hydroxylation is 2. The van der Waals surface area contributed by atoms with Crippen molar-refractivity contribution in [2.45, 2.75) is 13.8 Å². The van der Waals surface area contributed by atoms with E-state index in [1.807, 2.05) is 6.92 Å². The Bertz CT molecular complexity index is 796. The quantitative estimate of drug-likeness (QED) is 0.568. The highest BCUT2D eigenvalue weighted by atomic mass is 35.5. The van der Waals surface area contributed by atoms with Crippen LogP contribution in [0.2, 0.25) is 5.02 Å². The summed E-state index contributed by atoms with van der Waals surface area (Å²) < 4.78 is 10.7. The maximum absolute atomic E-state index is 11.9. The van der Waals surface area contributed by atoms with Gasteiger partial charge >= 0.3 is 5.63 Å². The number of fused-ring (bicyclic) bond motifs is 3. The Morgan fingerprint density at radius 2 is 1.76 bits per heavy atom. The Morgan fingerprint density at radius 3 is 2.53 bits per heavy atom.